The van der Waals surface area contributed by atoms with E-state index >= 15 is 0 Å². The third kappa shape index (κ3) is 4.29. The van der Waals surface area contributed by atoms with Gasteiger partial charge in [0.1, 0.15) is 17.9 Å². The van der Waals surface area contributed by atoms with Gasteiger partial charge in [-0.2, -0.15) is 0 Å². The summed E-state index contributed by atoms with van der Waals surface area (Å²) in [5.41, 5.74) is 3.73. The van der Waals surface area contributed by atoms with Gasteiger partial charge in [0.2, 0.25) is 0 Å². The highest BCUT2D eigenvalue weighted by Crippen LogP contribution is 2.33. The molecule has 1 aliphatic carbocycles. The number of nitrogens with one attached hydrogen (secondary N) is 1. The zero-order valence-corrected chi connectivity index (χ0v) is 15.2. The van der Waals surface area contributed by atoms with E-state index in [9.17, 15) is 9.90 Å². The maximum Gasteiger partial charge on any atom is 0.188 e. The summed E-state index contributed by atoms with van der Waals surface area (Å²) in [6, 6.07) is 20.2. The zero-order chi connectivity index (χ0) is 18.4. The van der Waals surface area contributed by atoms with Crippen molar-refractivity contribution >= 4 is 11.5 Å². The number of Topliss-reactive ketones (excluding diaryl/α,β-unsaturated/α-hetero) is 1. The van der Waals surface area contributed by atoms with Gasteiger partial charge in [-0.3, -0.25) is 4.79 Å². The molecule has 0 saturated heterocycles. The number of allylic oxidation sites excluding steroid dienone is 2. The van der Waals surface area contributed by atoms with E-state index in [0.29, 0.717) is 24.8 Å². The van der Waals surface area contributed by atoms with Crippen molar-refractivity contribution in [3.63, 3.8) is 0 Å². The van der Waals surface area contributed by atoms with Crippen LogP contribution in [-0.4, -0.2) is 23.1 Å². The van der Waals surface area contributed by atoms with Gasteiger partial charge in [0.25, 0.3) is 0 Å². The minimum absolute atomic E-state index is 0.0339. The smallest absolute Gasteiger partial charge is 0.188 e. The van der Waals surface area contributed by atoms with Crippen LogP contribution in [0.15, 0.2) is 72.0 Å². The maximum atomic E-state index is 12.7. The Morgan fingerprint density at radius 3 is 2.31 bits per heavy atom. The summed E-state index contributed by atoms with van der Waals surface area (Å²) in [6.07, 6.45) is 2.57. The van der Waals surface area contributed by atoms with E-state index in [-0.39, 0.29) is 17.5 Å². The van der Waals surface area contributed by atoms with Crippen molar-refractivity contribution in [2.75, 3.05) is 6.54 Å². The molecule has 2 aromatic carbocycles. The highest BCUT2D eigenvalue weighted by atomic mass is 16.3. The molecule has 3 heteroatoms. The van der Waals surface area contributed by atoms with E-state index in [1.165, 1.54) is 5.56 Å². The summed E-state index contributed by atoms with van der Waals surface area (Å²) in [5, 5.41) is 10.6. The summed E-state index contributed by atoms with van der Waals surface area (Å²) in [7, 11) is 0. The Balaban J connectivity index is 1.75. The second-order valence-electron chi connectivity index (χ2n) is 6.76. The molecular formula is C23H26NO2+. The van der Waals surface area contributed by atoms with Crippen LogP contribution in [0.2, 0.25) is 0 Å². The van der Waals surface area contributed by atoms with Gasteiger partial charge in [-0.05, 0) is 17.0 Å². The lowest BCUT2D eigenvalue weighted by molar-refractivity contribution is -0.457. The van der Waals surface area contributed by atoms with Gasteiger partial charge < -0.3 is 5.11 Å². The Morgan fingerprint density at radius 1 is 1.04 bits per heavy atom. The Labute approximate surface area is 155 Å². The molecule has 0 spiro atoms. The molecule has 0 unspecified atom stereocenters. The van der Waals surface area contributed by atoms with Crippen LogP contribution in [0.3, 0.4) is 0 Å². The van der Waals surface area contributed by atoms with E-state index in [1.807, 2.05) is 55.5 Å². The molecule has 26 heavy (non-hydrogen) atoms. The molecule has 3 nitrogen and oxygen atoms in total. The van der Waals surface area contributed by atoms with Gasteiger partial charge in [-0.15, -0.1) is 0 Å². The van der Waals surface area contributed by atoms with Gasteiger partial charge in [0, 0.05) is 25.7 Å². The quantitative estimate of drug-likeness (QED) is 0.788. The Bertz CT molecular complexity index is 807. The number of hydrogen-bond acceptors (Lipinski definition) is 2. The van der Waals surface area contributed by atoms with Crippen molar-refractivity contribution in [3.05, 3.63) is 83.1 Å². The standard InChI is InChI=1S/C23H25NO2/c1-2-20(24-14-13-17-9-5-3-6-10-17)23-21(25)15-19(16-22(23)26)18-11-7-4-8-12-18/h3-12,19,25H,2,13-16H2,1H3/p+1/t19-/m1/s1. The van der Waals surface area contributed by atoms with Crippen molar-refractivity contribution in [1.29, 1.82) is 0 Å². The van der Waals surface area contributed by atoms with E-state index in [2.05, 4.69) is 17.1 Å². The van der Waals surface area contributed by atoms with Crippen LogP contribution < -0.4 is 4.99 Å². The minimum Gasteiger partial charge on any atom is -0.511 e. The van der Waals surface area contributed by atoms with Gasteiger partial charge in [0.05, 0.1) is 0 Å². The summed E-state index contributed by atoms with van der Waals surface area (Å²) < 4.78 is 0. The van der Waals surface area contributed by atoms with Gasteiger partial charge in [0.15, 0.2) is 11.5 Å². The van der Waals surface area contributed by atoms with Crippen LogP contribution in [0.4, 0.5) is 0 Å². The van der Waals surface area contributed by atoms with Crippen LogP contribution in [0.25, 0.3) is 0 Å². The number of carbonyl (C=O) groups is 1. The highest BCUT2D eigenvalue weighted by molar-refractivity contribution is 6.21. The number of carbonyl (C=O) groups excluding carboxylic acids is 1. The van der Waals surface area contributed by atoms with E-state index in [0.717, 1.165) is 24.2 Å². The predicted molar refractivity (Wildman–Crippen MR) is 104 cm³/mol. The lowest BCUT2D eigenvalue weighted by Crippen LogP contribution is -2.74. The van der Waals surface area contributed by atoms with Crippen LogP contribution >= 0.6 is 0 Å². The monoisotopic (exact) mass is 348 g/mol. The molecule has 0 saturated carbocycles. The molecular weight excluding hydrogens is 322 g/mol. The molecule has 134 valence electrons. The lowest BCUT2D eigenvalue weighted by atomic mass is 9.81. The van der Waals surface area contributed by atoms with Crippen molar-refractivity contribution in [3.8, 4) is 0 Å². The number of aliphatic hydroxyl groups excluding tert-OH is 1. The highest BCUT2D eigenvalue weighted by Gasteiger charge is 2.32. The van der Waals surface area contributed by atoms with E-state index < -0.39 is 0 Å². The largest absolute Gasteiger partial charge is 0.511 e. The molecule has 0 radical (unpaired) electrons. The Kier molecular flexibility index (Phi) is 6.00. The maximum absolute atomic E-state index is 12.7. The second kappa shape index (κ2) is 8.61. The fourth-order valence-corrected chi connectivity index (χ4v) is 3.59. The molecule has 0 heterocycles. The van der Waals surface area contributed by atoms with Crippen LogP contribution in [0.1, 0.15) is 43.2 Å². The number of benzene rings is 2. The lowest BCUT2D eigenvalue weighted by Gasteiger charge is -2.23. The SMILES string of the molecule is CCC(=[NH+]CCc1ccccc1)C1=C(O)C[C@@H](c2ccccc2)CC1=O. The van der Waals surface area contributed by atoms with Crippen molar-refractivity contribution < 1.29 is 14.9 Å². The molecule has 2 N–H and O–H groups in total. The molecule has 0 aromatic heterocycles. The van der Waals surface area contributed by atoms with Gasteiger partial charge in [-0.25, -0.2) is 4.99 Å². The predicted octanol–water partition coefficient (Wildman–Crippen LogP) is 3.12. The molecule has 1 atom stereocenters. The first kappa shape index (κ1) is 18.1. The van der Waals surface area contributed by atoms with Gasteiger partial charge in [-0.1, -0.05) is 67.6 Å². The van der Waals surface area contributed by atoms with E-state index in [1.54, 1.807) is 0 Å². The zero-order valence-electron chi connectivity index (χ0n) is 15.2. The normalized spacial score (nSPS) is 18.3. The number of aliphatic hydroxyl groups is 1. The minimum atomic E-state index is 0.0339. The van der Waals surface area contributed by atoms with Crippen LogP contribution in [0.5, 0.6) is 0 Å². The summed E-state index contributed by atoms with van der Waals surface area (Å²) in [4.78, 5) is 16.1. The Morgan fingerprint density at radius 2 is 1.69 bits per heavy atom. The molecule has 0 amide bonds. The molecule has 0 fully saturated rings. The first-order valence-electron chi connectivity index (χ1n) is 9.33. The number of ketones is 1. The summed E-state index contributed by atoms with van der Waals surface area (Å²) in [6.45, 7) is 2.76. The first-order valence-corrected chi connectivity index (χ1v) is 9.33. The molecule has 0 aliphatic heterocycles. The fraction of sp³-hybridized carbons (Fsp3) is 0.304. The fourth-order valence-electron chi connectivity index (χ4n) is 3.59. The number of hydrogen-bond donors (Lipinski definition) is 2. The van der Waals surface area contributed by atoms with E-state index in [4.69, 9.17) is 0 Å². The van der Waals surface area contributed by atoms with Crippen LogP contribution in [-0.2, 0) is 11.2 Å². The van der Waals surface area contributed by atoms with Crippen LogP contribution in [0, 0.1) is 0 Å². The summed E-state index contributed by atoms with van der Waals surface area (Å²) >= 11 is 0. The molecule has 1 aliphatic rings. The Hall–Kier alpha value is -2.68. The first-order chi connectivity index (χ1) is 12.7. The molecule has 0 bridgehead atoms. The average Bonchev–Trinajstić information content (AvgIpc) is 2.67. The van der Waals surface area contributed by atoms with Crippen molar-refractivity contribution in [1.82, 2.24) is 0 Å². The third-order valence-electron chi connectivity index (χ3n) is 4.96. The third-order valence-corrected chi connectivity index (χ3v) is 4.96. The second-order valence-corrected chi connectivity index (χ2v) is 6.76. The van der Waals surface area contributed by atoms with Gasteiger partial charge >= 0.3 is 0 Å². The molecule has 2 aromatic rings. The van der Waals surface area contributed by atoms with Crippen molar-refractivity contribution in [2.24, 2.45) is 0 Å². The summed E-state index contributed by atoms with van der Waals surface area (Å²) in [5.74, 6) is 0.320. The van der Waals surface area contributed by atoms with Crippen molar-refractivity contribution in [2.45, 2.75) is 38.5 Å². The topological polar surface area (TPSA) is 51.3 Å². The molecule has 3 rings (SSSR count). The number of rotatable bonds is 6. The average molecular weight is 348 g/mol.